The molecule has 0 spiro atoms. The third kappa shape index (κ3) is 5.20. The van der Waals surface area contributed by atoms with Crippen molar-refractivity contribution in [3.63, 3.8) is 0 Å². The Morgan fingerprint density at radius 1 is 0.885 bits per heavy atom. The monoisotopic (exact) mass is 407 g/mol. The Hall–Kier alpha value is -1.13. The minimum Gasteiger partial charge on any atom is -0.490 e. The Labute approximate surface area is 151 Å². The van der Waals surface area contributed by atoms with Crippen LogP contribution in [-0.4, -0.2) is 50.0 Å². The Kier molecular flexibility index (Phi) is 8.09. The predicted molar refractivity (Wildman–Crippen MR) is 86.5 cm³/mol. The van der Waals surface area contributed by atoms with E-state index in [9.17, 15) is 26.3 Å². The van der Waals surface area contributed by atoms with Crippen molar-refractivity contribution in [1.29, 1.82) is 0 Å². The van der Waals surface area contributed by atoms with E-state index in [4.69, 9.17) is 4.74 Å². The normalized spacial score (nSPS) is 13.3. The number of ether oxygens (including phenoxy) is 3. The van der Waals surface area contributed by atoms with Crippen molar-refractivity contribution < 1.29 is 40.6 Å². The molecule has 10 heteroatoms. The lowest BCUT2D eigenvalue weighted by atomic mass is 10.0. The molecule has 0 heterocycles. The standard InChI is InChI=1S/C16H21F6O3S/c1-4-26(5-2)13-8-6-12(7-9-13)24-10-14(15(17,18)19,16(20,21)22)25-11-23-3/h6-9H,4-5,10-11H2,1-3H3/q+1. The van der Waals surface area contributed by atoms with Crippen LogP contribution in [0.3, 0.4) is 0 Å². The van der Waals surface area contributed by atoms with Crippen LogP contribution in [-0.2, 0) is 20.4 Å². The molecule has 0 radical (unpaired) electrons. The number of benzene rings is 1. The molecule has 0 aliphatic heterocycles. The van der Waals surface area contributed by atoms with Crippen molar-refractivity contribution >= 4 is 10.9 Å². The third-order valence-corrected chi connectivity index (χ3v) is 5.97. The Morgan fingerprint density at radius 2 is 1.38 bits per heavy atom. The molecule has 0 atom stereocenters. The van der Waals surface area contributed by atoms with Crippen LogP contribution in [0.5, 0.6) is 5.75 Å². The van der Waals surface area contributed by atoms with Gasteiger partial charge in [0.15, 0.2) is 4.90 Å². The molecule has 0 bridgehead atoms. The van der Waals surface area contributed by atoms with Gasteiger partial charge in [-0.05, 0) is 38.1 Å². The van der Waals surface area contributed by atoms with E-state index in [0.717, 1.165) is 23.5 Å². The zero-order chi connectivity index (χ0) is 20.0. The summed E-state index contributed by atoms with van der Waals surface area (Å²) in [5.74, 6) is 1.68. The maximum Gasteiger partial charge on any atom is 0.430 e. The lowest BCUT2D eigenvalue weighted by Gasteiger charge is -2.36. The van der Waals surface area contributed by atoms with E-state index in [1.54, 1.807) is 12.1 Å². The number of rotatable bonds is 9. The molecule has 150 valence electrons. The largest absolute Gasteiger partial charge is 0.490 e. The van der Waals surface area contributed by atoms with Gasteiger partial charge in [0.2, 0.25) is 0 Å². The van der Waals surface area contributed by atoms with Crippen LogP contribution in [0.4, 0.5) is 26.3 Å². The molecule has 0 aliphatic rings. The average Bonchev–Trinajstić information content (AvgIpc) is 2.55. The lowest BCUT2D eigenvalue weighted by molar-refractivity contribution is -0.397. The molecule has 0 saturated heterocycles. The number of hydrogen-bond donors (Lipinski definition) is 0. The summed E-state index contributed by atoms with van der Waals surface area (Å²) in [5.41, 5.74) is -4.48. The van der Waals surface area contributed by atoms with Crippen molar-refractivity contribution in [2.24, 2.45) is 0 Å². The molecular formula is C16H21F6O3S+. The first kappa shape index (κ1) is 22.9. The lowest BCUT2D eigenvalue weighted by Crippen LogP contribution is -2.62. The first-order chi connectivity index (χ1) is 12.0. The average molecular weight is 407 g/mol. The quantitative estimate of drug-likeness (QED) is 0.341. The van der Waals surface area contributed by atoms with Gasteiger partial charge in [0, 0.05) is 18.0 Å². The maximum atomic E-state index is 13.2. The summed E-state index contributed by atoms with van der Waals surface area (Å²) < 4.78 is 92.1. The van der Waals surface area contributed by atoms with Gasteiger partial charge in [-0.3, -0.25) is 0 Å². The molecule has 0 N–H and O–H groups in total. The van der Waals surface area contributed by atoms with Gasteiger partial charge in [-0.15, -0.1) is 0 Å². The SMILES string of the molecule is CC[S+](CC)c1ccc(OCC(OCOC)(C(F)(F)F)C(F)(F)F)cc1. The van der Waals surface area contributed by atoms with Gasteiger partial charge in [-0.1, -0.05) is 0 Å². The highest BCUT2D eigenvalue weighted by atomic mass is 32.2. The van der Waals surface area contributed by atoms with Crippen molar-refractivity contribution in [3.05, 3.63) is 24.3 Å². The molecule has 0 saturated carbocycles. The van der Waals surface area contributed by atoms with E-state index in [1.165, 1.54) is 12.1 Å². The van der Waals surface area contributed by atoms with Crippen LogP contribution >= 0.6 is 0 Å². The van der Waals surface area contributed by atoms with Crippen molar-refractivity contribution in [3.8, 4) is 5.75 Å². The highest BCUT2D eigenvalue weighted by molar-refractivity contribution is 7.96. The Balaban J connectivity index is 3.02. The summed E-state index contributed by atoms with van der Waals surface area (Å²) in [5, 5.41) is 0. The van der Waals surface area contributed by atoms with Crippen molar-refractivity contribution in [2.75, 3.05) is 32.0 Å². The van der Waals surface area contributed by atoms with Gasteiger partial charge >= 0.3 is 12.4 Å². The minimum atomic E-state index is -5.74. The zero-order valence-electron chi connectivity index (χ0n) is 14.5. The van der Waals surface area contributed by atoms with Gasteiger partial charge in [-0.25, -0.2) is 0 Å². The highest BCUT2D eigenvalue weighted by Crippen LogP contribution is 2.46. The predicted octanol–water partition coefficient (Wildman–Crippen LogP) is 4.57. The molecule has 26 heavy (non-hydrogen) atoms. The zero-order valence-corrected chi connectivity index (χ0v) is 15.4. The summed E-state index contributed by atoms with van der Waals surface area (Å²) in [6.45, 7) is 1.06. The molecule has 0 aliphatic carbocycles. The Bertz CT molecular complexity index is 526. The fraction of sp³-hybridized carbons (Fsp3) is 0.625. The second kappa shape index (κ2) is 9.18. The molecule has 1 aromatic carbocycles. The molecule has 3 nitrogen and oxygen atoms in total. The summed E-state index contributed by atoms with van der Waals surface area (Å²) in [7, 11) is 0.906. The van der Waals surface area contributed by atoms with E-state index in [1.807, 2.05) is 13.8 Å². The highest BCUT2D eigenvalue weighted by Gasteiger charge is 2.73. The van der Waals surface area contributed by atoms with Gasteiger partial charge < -0.3 is 14.2 Å². The second-order valence-corrected chi connectivity index (χ2v) is 7.82. The molecule has 1 rings (SSSR count). The molecule has 0 fully saturated rings. The van der Waals surface area contributed by atoms with E-state index in [2.05, 4.69) is 9.47 Å². The third-order valence-electron chi connectivity index (χ3n) is 3.64. The van der Waals surface area contributed by atoms with Crippen LogP contribution in [0.1, 0.15) is 13.8 Å². The smallest absolute Gasteiger partial charge is 0.430 e. The van der Waals surface area contributed by atoms with Gasteiger partial charge in [0.05, 0.1) is 0 Å². The van der Waals surface area contributed by atoms with Crippen LogP contribution in [0.25, 0.3) is 0 Å². The van der Waals surface area contributed by atoms with Gasteiger partial charge in [0.1, 0.15) is 30.7 Å². The summed E-state index contributed by atoms with van der Waals surface area (Å²) in [6.07, 6.45) is -11.5. The topological polar surface area (TPSA) is 27.7 Å². The summed E-state index contributed by atoms with van der Waals surface area (Å²) >= 11 is 0. The van der Waals surface area contributed by atoms with Gasteiger partial charge in [0.25, 0.3) is 5.60 Å². The van der Waals surface area contributed by atoms with Gasteiger partial charge in [-0.2, -0.15) is 26.3 Å². The van der Waals surface area contributed by atoms with Crippen molar-refractivity contribution in [1.82, 2.24) is 0 Å². The molecule has 0 amide bonds. The number of alkyl halides is 6. The fourth-order valence-corrected chi connectivity index (χ4v) is 3.74. The van der Waals surface area contributed by atoms with E-state index < -0.39 is 31.4 Å². The summed E-state index contributed by atoms with van der Waals surface area (Å²) in [6, 6.07) is 6.00. The first-order valence-corrected chi connectivity index (χ1v) is 9.25. The molecule has 0 aromatic heterocycles. The van der Waals surface area contributed by atoms with Crippen LogP contribution in [0.2, 0.25) is 0 Å². The minimum absolute atomic E-state index is 0.0203. The Morgan fingerprint density at radius 3 is 1.77 bits per heavy atom. The van der Waals surface area contributed by atoms with Crippen LogP contribution in [0, 0.1) is 0 Å². The fourth-order valence-electron chi connectivity index (χ4n) is 2.14. The van der Waals surface area contributed by atoms with E-state index in [-0.39, 0.29) is 16.6 Å². The molecular weight excluding hydrogens is 386 g/mol. The number of halogens is 6. The van der Waals surface area contributed by atoms with Crippen LogP contribution in [0.15, 0.2) is 29.2 Å². The molecule has 1 aromatic rings. The number of hydrogen-bond acceptors (Lipinski definition) is 3. The first-order valence-electron chi connectivity index (χ1n) is 7.69. The maximum absolute atomic E-state index is 13.2. The molecule has 0 unspecified atom stereocenters. The van der Waals surface area contributed by atoms with Crippen LogP contribution < -0.4 is 4.74 Å². The second-order valence-electron chi connectivity index (χ2n) is 5.20. The summed E-state index contributed by atoms with van der Waals surface area (Å²) in [4.78, 5) is 0.968. The van der Waals surface area contributed by atoms with E-state index >= 15 is 0 Å². The number of methoxy groups -OCH3 is 1. The van der Waals surface area contributed by atoms with E-state index in [0.29, 0.717) is 0 Å². The van der Waals surface area contributed by atoms with Crippen molar-refractivity contribution in [2.45, 2.75) is 36.7 Å².